The Morgan fingerprint density at radius 3 is 2.43 bits per heavy atom. The lowest BCUT2D eigenvalue weighted by atomic mass is 10.1. The van der Waals surface area contributed by atoms with Crippen LogP contribution in [0.2, 0.25) is 0 Å². The Bertz CT molecular complexity index is 862. The minimum atomic E-state index is -0.993. The van der Waals surface area contributed by atoms with Gasteiger partial charge in [0, 0.05) is 11.5 Å². The molecule has 8 nitrogen and oxygen atoms in total. The molecule has 108 valence electrons. The van der Waals surface area contributed by atoms with Gasteiger partial charge in [-0.1, -0.05) is 17.2 Å². The third-order valence-corrected chi connectivity index (χ3v) is 3.79. The molecule has 1 aliphatic heterocycles. The smallest absolute Gasteiger partial charge is 0.273 e. The van der Waals surface area contributed by atoms with E-state index in [1.54, 1.807) is 24.3 Å². The first-order chi connectivity index (χ1) is 10.1. The van der Waals surface area contributed by atoms with Crippen molar-refractivity contribution in [1.82, 2.24) is 9.36 Å². The fourth-order valence-corrected chi connectivity index (χ4v) is 2.70. The molecule has 1 aliphatic rings. The molecule has 0 fully saturated rings. The molecule has 0 amide bonds. The predicted octanol–water partition coefficient (Wildman–Crippen LogP) is 0.607. The van der Waals surface area contributed by atoms with E-state index in [2.05, 4.69) is 10.0 Å². The van der Waals surface area contributed by atoms with Gasteiger partial charge in [-0.05, 0) is 24.1 Å². The minimum absolute atomic E-state index is 0.0669. The highest BCUT2D eigenvalue weighted by Gasteiger charge is 2.25. The normalized spacial score (nSPS) is 21.4. The molecular weight excluding hydrogens is 274 g/mol. The van der Waals surface area contributed by atoms with Gasteiger partial charge >= 0.3 is 0 Å². The zero-order valence-electron chi connectivity index (χ0n) is 11.1. The van der Waals surface area contributed by atoms with Crippen molar-refractivity contribution < 1.29 is 5.11 Å². The number of hydrogen-bond donors (Lipinski definition) is 1. The van der Waals surface area contributed by atoms with E-state index in [4.69, 9.17) is 5.53 Å². The van der Waals surface area contributed by atoms with E-state index in [-0.39, 0.29) is 24.2 Å². The van der Waals surface area contributed by atoms with Gasteiger partial charge in [0.15, 0.2) is 0 Å². The van der Waals surface area contributed by atoms with Crippen molar-refractivity contribution in [3.05, 3.63) is 55.4 Å². The van der Waals surface area contributed by atoms with Gasteiger partial charge in [-0.2, -0.15) is 0 Å². The van der Waals surface area contributed by atoms with Gasteiger partial charge in [0.1, 0.15) is 0 Å². The van der Waals surface area contributed by atoms with E-state index in [1.165, 1.54) is 9.36 Å². The lowest BCUT2D eigenvalue weighted by molar-refractivity contribution is 0.124. The summed E-state index contributed by atoms with van der Waals surface area (Å²) in [4.78, 5) is 27.6. The predicted molar refractivity (Wildman–Crippen MR) is 76.0 cm³/mol. The molecule has 0 spiro atoms. The Morgan fingerprint density at radius 2 is 1.81 bits per heavy atom. The Labute approximate surface area is 118 Å². The number of aromatic nitrogens is 2. The third-order valence-electron chi connectivity index (χ3n) is 3.79. The summed E-state index contributed by atoms with van der Waals surface area (Å²) in [6, 6.07) is 5.95. The highest BCUT2D eigenvalue weighted by Crippen LogP contribution is 2.13. The van der Waals surface area contributed by atoms with Crippen molar-refractivity contribution in [2.75, 3.05) is 0 Å². The summed E-state index contributed by atoms with van der Waals surface area (Å²) >= 11 is 0. The number of hydrogen-bond acceptors (Lipinski definition) is 4. The highest BCUT2D eigenvalue weighted by atomic mass is 16.3. The number of azide groups is 1. The van der Waals surface area contributed by atoms with Crippen LogP contribution in [0.3, 0.4) is 0 Å². The summed E-state index contributed by atoms with van der Waals surface area (Å²) in [6.07, 6.45) is -0.684. The number of aliphatic hydroxyl groups excluding tert-OH is 1. The van der Waals surface area contributed by atoms with Gasteiger partial charge in [0.25, 0.3) is 11.1 Å². The lowest BCUT2D eigenvalue weighted by Crippen LogP contribution is -2.40. The molecule has 1 N–H and O–H groups in total. The molecular formula is C13H13N5O3. The largest absolute Gasteiger partial charge is 0.391 e. The summed E-state index contributed by atoms with van der Waals surface area (Å²) in [5, 5.41) is 14.3. The molecule has 0 aliphatic carbocycles. The Morgan fingerprint density at radius 1 is 1.19 bits per heavy atom. The average molecular weight is 287 g/mol. The van der Waals surface area contributed by atoms with E-state index in [0.717, 1.165) is 0 Å². The van der Waals surface area contributed by atoms with Crippen LogP contribution in [0.1, 0.15) is 6.42 Å². The number of rotatable bonds is 1. The maximum atomic E-state index is 12.5. The van der Waals surface area contributed by atoms with Gasteiger partial charge in [-0.25, -0.2) is 9.36 Å². The van der Waals surface area contributed by atoms with Crippen molar-refractivity contribution in [1.29, 1.82) is 0 Å². The summed E-state index contributed by atoms with van der Waals surface area (Å²) in [7, 11) is 0. The van der Waals surface area contributed by atoms with Crippen molar-refractivity contribution in [3.8, 4) is 0 Å². The standard InChI is InChI=1S/C13H13N5O3/c14-16-15-10-5-6-17-12(20)8-3-1-2-4-9(8)13(21)18(17)7-11(10)19/h1-4,10-11,19H,5-7H2. The molecule has 0 saturated heterocycles. The first-order valence-electron chi connectivity index (χ1n) is 6.58. The summed E-state index contributed by atoms with van der Waals surface area (Å²) in [6.45, 7) is 0.155. The van der Waals surface area contributed by atoms with Crippen molar-refractivity contribution in [3.63, 3.8) is 0 Å². The molecule has 0 saturated carbocycles. The van der Waals surface area contributed by atoms with Gasteiger partial charge in [-0.15, -0.1) is 0 Å². The molecule has 2 atom stereocenters. The van der Waals surface area contributed by atoms with Crippen LogP contribution in [-0.2, 0) is 13.1 Å². The zero-order valence-corrected chi connectivity index (χ0v) is 11.1. The average Bonchev–Trinajstić information content (AvgIpc) is 2.66. The number of fused-ring (bicyclic) bond motifs is 2. The number of nitrogens with zero attached hydrogens (tertiary/aromatic N) is 5. The summed E-state index contributed by atoms with van der Waals surface area (Å²) in [5.74, 6) is 0. The van der Waals surface area contributed by atoms with Crippen molar-refractivity contribution >= 4 is 10.8 Å². The second-order valence-corrected chi connectivity index (χ2v) is 4.99. The fraction of sp³-hybridized carbons (Fsp3) is 0.385. The molecule has 21 heavy (non-hydrogen) atoms. The SMILES string of the molecule is [N-]=[N+]=NC1CCn2c(=O)c3ccccc3c(=O)n2CC1O. The second-order valence-electron chi connectivity index (χ2n) is 4.99. The van der Waals surface area contributed by atoms with E-state index in [9.17, 15) is 14.7 Å². The van der Waals surface area contributed by atoms with E-state index in [1.807, 2.05) is 0 Å². The second kappa shape index (κ2) is 5.08. The van der Waals surface area contributed by atoms with Crippen LogP contribution in [0.5, 0.6) is 0 Å². The fourth-order valence-electron chi connectivity index (χ4n) is 2.70. The van der Waals surface area contributed by atoms with Gasteiger partial charge in [0.2, 0.25) is 0 Å². The van der Waals surface area contributed by atoms with Crippen LogP contribution in [0.15, 0.2) is 39.0 Å². The van der Waals surface area contributed by atoms with Crippen LogP contribution in [0.4, 0.5) is 0 Å². The third kappa shape index (κ3) is 2.10. The van der Waals surface area contributed by atoms with Crippen LogP contribution in [0.25, 0.3) is 21.2 Å². The Balaban J connectivity index is 2.26. The lowest BCUT2D eigenvalue weighted by Gasteiger charge is -2.15. The molecule has 1 aromatic carbocycles. The van der Waals surface area contributed by atoms with Crippen LogP contribution < -0.4 is 11.1 Å². The van der Waals surface area contributed by atoms with Gasteiger partial charge < -0.3 is 5.11 Å². The topological polar surface area (TPSA) is 113 Å². The Hall–Kier alpha value is -2.57. The van der Waals surface area contributed by atoms with E-state index >= 15 is 0 Å². The molecule has 8 heteroatoms. The van der Waals surface area contributed by atoms with Crippen LogP contribution >= 0.6 is 0 Å². The number of benzene rings is 1. The minimum Gasteiger partial charge on any atom is -0.391 e. The molecule has 3 rings (SSSR count). The Kier molecular flexibility index (Phi) is 3.25. The molecule has 2 aromatic rings. The van der Waals surface area contributed by atoms with Crippen LogP contribution in [-0.4, -0.2) is 26.6 Å². The highest BCUT2D eigenvalue weighted by molar-refractivity contribution is 5.80. The maximum Gasteiger partial charge on any atom is 0.273 e. The quantitative estimate of drug-likeness (QED) is 0.470. The monoisotopic (exact) mass is 287 g/mol. The van der Waals surface area contributed by atoms with Gasteiger partial charge in [0.05, 0.1) is 29.5 Å². The van der Waals surface area contributed by atoms with Crippen LogP contribution in [0, 0.1) is 0 Å². The van der Waals surface area contributed by atoms with Gasteiger partial charge in [-0.3, -0.25) is 9.59 Å². The summed E-state index contributed by atoms with van der Waals surface area (Å²) in [5.41, 5.74) is 7.91. The molecule has 1 aromatic heterocycles. The first-order valence-corrected chi connectivity index (χ1v) is 6.58. The first kappa shape index (κ1) is 13.4. The van der Waals surface area contributed by atoms with E-state index < -0.39 is 12.1 Å². The summed E-state index contributed by atoms with van der Waals surface area (Å²) < 4.78 is 2.56. The van der Waals surface area contributed by atoms with Crippen molar-refractivity contribution in [2.45, 2.75) is 31.7 Å². The zero-order chi connectivity index (χ0) is 15.0. The molecule has 0 bridgehead atoms. The van der Waals surface area contributed by atoms with E-state index in [0.29, 0.717) is 17.2 Å². The maximum absolute atomic E-state index is 12.5. The van der Waals surface area contributed by atoms with Crippen molar-refractivity contribution in [2.24, 2.45) is 5.11 Å². The molecule has 2 heterocycles. The number of aliphatic hydroxyl groups is 1. The molecule has 2 unspecified atom stereocenters. The molecule has 0 radical (unpaired) electrons.